The van der Waals surface area contributed by atoms with Crippen LogP contribution in [0.2, 0.25) is 0 Å². The molecule has 0 unspecified atom stereocenters. The van der Waals surface area contributed by atoms with Crippen LogP contribution in [0.25, 0.3) is 0 Å². The maximum Gasteiger partial charge on any atom is -0.0169 e. The Morgan fingerprint density at radius 3 is 2.08 bits per heavy atom. The summed E-state index contributed by atoms with van der Waals surface area (Å²) in [6.45, 7) is 4.13. The van der Waals surface area contributed by atoms with Crippen LogP contribution >= 0.6 is 0 Å². The Hall–Kier alpha value is -0.780. The highest BCUT2D eigenvalue weighted by molar-refractivity contribution is 4.91. The predicted molar refractivity (Wildman–Crippen MR) is 57.2 cm³/mol. The minimum Gasteiger partial charge on any atom is -0.0917 e. The SMILES string of the molecule is C/C=C/C/C=C/CCC/C=C/C. The molecule has 0 aliphatic heterocycles. The van der Waals surface area contributed by atoms with Gasteiger partial charge in [-0.3, -0.25) is 0 Å². The first kappa shape index (κ1) is 11.2. The maximum absolute atomic E-state index is 2.27. The van der Waals surface area contributed by atoms with Gasteiger partial charge in [0.2, 0.25) is 0 Å². The molecule has 12 heavy (non-hydrogen) atoms. The summed E-state index contributed by atoms with van der Waals surface area (Å²) in [7, 11) is 0. The first-order valence-corrected chi connectivity index (χ1v) is 4.79. The lowest BCUT2D eigenvalue weighted by Crippen LogP contribution is -1.68. The van der Waals surface area contributed by atoms with E-state index in [1.807, 2.05) is 0 Å². The van der Waals surface area contributed by atoms with Gasteiger partial charge in [0.15, 0.2) is 0 Å². The molecule has 0 amide bonds. The van der Waals surface area contributed by atoms with Crippen LogP contribution in [0.1, 0.15) is 39.5 Å². The molecule has 0 nitrogen and oxygen atoms in total. The summed E-state index contributed by atoms with van der Waals surface area (Å²) in [5, 5.41) is 0. The fourth-order valence-electron chi connectivity index (χ4n) is 0.949. The third-order valence-electron chi connectivity index (χ3n) is 1.65. The van der Waals surface area contributed by atoms with Gasteiger partial charge in [0.1, 0.15) is 0 Å². The average molecular weight is 164 g/mol. The van der Waals surface area contributed by atoms with Gasteiger partial charge in [-0.1, -0.05) is 36.5 Å². The largest absolute Gasteiger partial charge is 0.0917 e. The van der Waals surface area contributed by atoms with Crippen molar-refractivity contribution in [3.8, 4) is 0 Å². The van der Waals surface area contributed by atoms with Crippen molar-refractivity contribution in [2.45, 2.75) is 39.5 Å². The van der Waals surface area contributed by atoms with E-state index in [9.17, 15) is 0 Å². The van der Waals surface area contributed by atoms with Gasteiger partial charge in [0.05, 0.1) is 0 Å². The van der Waals surface area contributed by atoms with Crippen LogP contribution in [0.5, 0.6) is 0 Å². The molecule has 0 spiro atoms. The molecule has 0 bridgehead atoms. The highest BCUT2D eigenvalue weighted by Gasteiger charge is 1.78. The summed E-state index contributed by atoms with van der Waals surface area (Å²) >= 11 is 0. The molecule has 0 saturated carbocycles. The van der Waals surface area contributed by atoms with E-state index in [-0.39, 0.29) is 0 Å². The van der Waals surface area contributed by atoms with Crippen LogP contribution < -0.4 is 0 Å². The lowest BCUT2D eigenvalue weighted by molar-refractivity contribution is 0.865. The molecule has 0 aliphatic carbocycles. The molecule has 0 atom stereocenters. The number of unbranched alkanes of at least 4 members (excludes halogenated alkanes) is 2. The smallest absolute Gasteiger partial charge is 0.0169 e. The topological polar surface area (TPSA) is 0 Å². The Bertz CT molecular complexity index is 149. The minimum absolute atomic E-state index is 1.08. The van der Waals surface area contributed by atoms with Gasteiger partial charge >= 0.3 is 0 Å². The Balaban J connectivity index is 3.13. The van der Waals surface area contributed by atoms with Crippen molar-refractivity contribution in [2.75, 3.05) is 0 Å². The first-order valence-electron chi connectivity index (χ1n) is 4.79. The second-order valence-electron chi connectivity index (χ2n) is 2.78. The van der Waals surface area contributed by atoms with Crippen LogP contribution in [-0.2, 0) is 0 Å². The predicted octanol–water partition coefficient (Wildman–Crippen LogP) is 4.26. The molecule has 0 aliphatic rings. The van der Waals surface area contributed by atoms with E-state index >= 15 is 0 Å². The highest BCUT2D eigenvalue weighted by Crippen LogP contribution is 1.98. The van der Waals surface area contributed by atoms with Gasteiger partial charge in [0.25, 0.3) is 0 Å². The number of allylic oxidation sites excluding steroid dienone is 6. The van der Waals surface area contributed by atoms with E-state index in [0.717, 1.165) is 6.42 Å². The lowest BCUT2D eigenvalue weighted by Gasteiger charge is -1.88. The van der Waals surface area contributed by atoms with Crippen molar-refractivity contribution >= 4 is 0 Å². The molecule has 0 aromatic rings. The first-order chi connectivity index (χ1) is 5.91. The summed E-state index contributed by atoms with van der Waals surface area (Å²) < 4.78 is 0. The van der Waals surface area contributed by atoms with Crippen LogP contribution in [0.15, 0.2) is 36.5 Å². The monoisotopic (exact) mass is 164 g/mol. The van der Waals surface area contributed by atoms with Gasteiger partial charge in [-0.2, -0.15) is 0 Å². The maximum atomic E-state index is 2.27. The second-order valence-corrected chi connectivity index (χ2v) is 2.78. The van der Waals surface area contributed by atoms with E-state index in [1.165, 1.54) is 19.3 Å². The Morgan fingerprint density at radius 1 is 0.750 bits per heavy atom. The van der Waals surface area contributed by atoms with E-state index in [4.69, 9.17) is 0 Å². The molecule has 0 heteroatoms. The fraction of sp³-hybridized carbons (Fsp3) is 0.500. The Morgan fingerprint density at radius 2 is 1.42 bits per heavy atom. The van der Waals surface area contributed by atoms with Crippen molar-refractivity contribution in [3.05, 3.63) is 36.5 Å². The van der Waals surface area contributed by atoms with Gasteiger partial charge in [0, 0.05) is 0 Å². The molecule has 68 valence electrons. The number of rotatable bonds is 6. The Kier molecular flexibility index (Phi) is 9.56. The summed E-state index contributed by atoms with van der Waals surface area (Å²) in [6, 6.07) is 0. The van der Waals surface area contributed by atoms with Crippen LogP contribution in [0.3, 0.4) is 0 Å². The highest BCUT2D eigenvalue weighted by atomic mass is 13.8. The number of hydrogen-bond acceptors (Lipinski definition) is 0. The van der Waals surface area contributed by atoms with E-state index < -0.39 is 0 Å². The molecule has 0 fully saturated rings. The fourth-order valence-corrected chi connectivity index (χ4v) is 0.949. The molecule has 0 saturated heterocycles. The van der Waals surface area contributed by atoms with Gasteiger partial charge in [-0.25, -0.2) is 0 Å². The van der Waals surface area contributed by atoms with E-state index in [0.29, 0.717) is 0 Å². The number of hydrogen-bond donors (Lipinski definition) is 0. The second kappa shape index (κ2) is 10.2. The van der Waals surface area contributed by atoms with Crippen LogP contribution in [0.4, 0.5) is 0 Å². The van der Waals surface area contributed by atoms with Gasteiger partial charge in [-0.15, -0.1) is 0 Å². The summed E-state index contributed by atoms with van der Waals surface area (Å²) in [5.41, 5.74) is 0. The molecule has 0 radical (unpaired) electrons. The van der Waals surface area contributed by atoms with Crippen molar-refractivity contribution in [2.24, 2.45) is 0 Å². The summed E-state index contributed by atoms with van der Waals surface area (Å²) in [6.07, 6.45) is 17.9. The summed E-state index contributed by atoms with van der Waals surface area (Å²) in [5.74, 6) is 0. The zero-order valence-electron chi connectivity index (χ0n) is 8.29. The van der Waals surface area contributed by atoms with Crippen LogP contribution in [0, 0.1) is 0 Å². The van der Waals surface area contributed by atoms with Crippen molar-refractivity contribution in [3.63, 3.8) is 0 Å². The standard InChI is InChI=1S/C12H20/c1-3-5-7-9-11-12-10-8-6-4-2/h3-6,9,11H,7-8,10,12H2,1-2H3/b5-3+,6-4+,11-9+. The lowest BCUT2D eigenvalue weighted by atomic mass is 10.2. The molecular formula is C12H20. The van der Waals surface area contributed by atoms with Gasteiger partial charge in [-0.05, 0) is 39.5 Å². The zero-order valence-corrected chi connectivity index (χ0v) is 8.29. The molecule has 0 rings (SSSR count). The van der Waals surface area contributed by atoms with E-state index in [2.05, 4.69) is 50.3 Å². The van der Waals surface area contributed by atoms with Crippen molar-refractivity contribution in [1.82, 2.24) is 0 Å². The van der Waals surface area contributed by atoms with Gasteiger partial charge < -0.3 is 0 Å². The molecule has 0 aromatic carbocycles. The quantitative estimate of drug-likeness (QED) is 0.406. The molecule has 0 heterocycles. The van der Waals surface area contributed by atoms with Crippen LogP contribution in [-0.4, -0.2) is 0 Å². The Labute approximate surface area is 76.7 Å². The normalized spacial score (nSPS) is 12.5. The third-order valence-corrected chi connectivity index (χ3v) is 1.65. The van der Waals surface area contributed by atoms with Crippen molar-refractivity contribution in [1.29, 1.82) is 0 Å². The summed E-state index contributed by atoms with van der Waals surface area (Å²) in [4.78, 5) is 0. The van der Waals surface area contributed by atoms with E-state index in [1.54, 1.807) is 0 Å². The average Bonchev–Trinajstić information content (AvgIpc) is 2.10. The minimum atomic E-state index is 1.08. The molecule has 0 aromatic heterocycles. The zero-order chi connectivity index (χ0) is 9.07. The molecular weight excluding hydrogens is 144 g/mol. The third kappa shape index (κ3) is 9.22. The molecule has 0 N–H and O–H groups in total. The van der Waals surface area contributed by atoms with Crippen molar-refractivity contribution < 1.29 is 0 Å².